The molecular formula is C21H28FN11O10P2S2. The van der Waals surface area contributed by atoms with Crippen molar-refractivity contribution in [3.8, 4) is 0 Å². The Morgan fingerprint density at radius 2 is 2.06 bits per heavy atom. The lowest BCUT2D eigenvalue weighted by molar-refractivity contribution is -0.117. The Bertz CT molecular complexity index is 1920. The lowest BCUT2D eigenvalue weighted by Gasteiger charge is -2.27. The summed E-state index contributed by atoms with van der Waals surface area (Å²) in [5.74, 6) is -0.147. The molecule has 256 valence electrons. The second-order valence-electron chi connectivity index (χ2n) is 10.6. The summed E-state index contributed by atoms with van der Waals surface area (Å²) in [7, 11) is -2.61. The van der Waals surface area contributed by atoms with Crippen LogP contribution in [0, 0.1) is 0 Å². The number of hydrogen-bond acceptors (Lipinski definition) is 18. The maximum absolute atomic E-state index is 15.5. The van der Waals surface area contributed by atoms with Gasteiger partial charge in [-0.25, -0.2) is 23.9 Å². The summed E-state index contributed by atoms with van der Waals surface area (Å²) in [6.45, 7) is -4.41. The van der Waals surface area contributed by atoms with Crippen LogP contribution in [0.15, 0.2) is 17.4 Å². The molecule has 6 heterocycles. The zero-order chi connectivity index (χ0) is 33.7. The van der Waals surface area contributed by atoms with Crippen LogP contribution >= 0.6 is 38.5 Å². The summed E-state index contributed by atoms with van der Waals surface area (Å²) in [4.78, 5) is 30.9. The van der Waals surface area contributed by atoms with E-state index in [0.717, 1.165) is 4.68 Å². The molecule has 0 saturated carbocycles. The molecule has 2 saturated heterocycles. The highest BCUT2D eigenvalue weighted by Crippen LogP contribution is 2.58. The predicted molar refractivity (Wildman–Crippen MR) is 165 cm³/mol. The van der Waals surface area contributed by atoms with Gasteiger partial charge in [-0.3, -0.25) is 32.5 Å². The normalized spacial score (nSPS) is 29.9. The van der Waals surface area contributed by atoms with Crippen LogP contribution in [0.1, 0.15) is 25.8 Å². The molecule has 0 aromatic carbocycles. The van der Waals surface area contributed by atoms with E-state index in [0.29, 0.717) is 11.2 Å². The highest BCUT2D eigenvalue weighted by molar-refractivity contribution is 8.44. The molecular weight excluding hydrogens is 711 g/mol. The van der Waals surface area contributed by atoms with Crippen molar-refractivity contribution in [1.82, 2.24) is 44.5 Å². The van der Waals surface area contributed by atoms with Crippen LogP contribution in [0.3, 0.4) is 0 Å². The summed E-state index contributed by atoms with van der Waals surface area (Å²) in [6.07, 6.45) is -5.67. The molecule has 6 rings (SSSR count). The standard InChI is InChI=1S/C21H28FN11O10P2S2/c1-21(2-8(38-7-39-44(36)46)18(42-21)32-6-27-11-14(23)25-5-26-15(11)32)4-40-45(37,47)43-13-10(22)9(3-34)41-19(13)33-16-12(30-31-33)17(35)29-20(24)28-16/h5-6,8-10,13,18-19,34,44H,2-4,7H2,1H3,(H,36,46)(H,37,47)(H2,23,25,26)(H3,24,28,29,35)/t8-,9-,10+,13-,18-,19-,21-,45?/m1/s1. The van der Waals surface area contributed by atoms with E-state index in [4.69, 9.17) is 39.2 Å². The average Bonchev–Trinajstić information content (AvgIpc) is 3.77. The number of rotatable bonds is 12. The number of hydrogen-bond donors (Lipinski definition) is 6. The molecule has 4 aromatic heterocycles. The van der Waals surface area contributed by atoms with Crippen LogP contribution in [0.4, 0.5) is 16.2 Å². The van der Waals surface area contributed by atoms with Crippen LogP contribution in [0.25, 0.3) is 22.3 Å². The molecule has 47 heavy (non-hydrogen) atoms. The van der Waals surface area contributed by atoms with Crippen molar-refractivity contribution < 1.29 is 46.4 Å². The van der Waals surface area contributed by atoms with Crippen molar-refractivity contribution in [2.24, 2.45) is 0 Å². The maximum atomic E-state index is 15.5. The van der Waals surface area contributed by atoms with Gasteiger partial charge < -0.3 is 30.8 Å². The van der Waals surface area contributed by atoms with E-state index in [1.54, 1.807) is 11.5 Å². The molecule has 2 aliphatic heterocycles. The third-order valence-corrected chi connectivity index (χ3v) is 9.65. The molecule has 2 aliphatic rings. The number of nitrogens with two attached hydrogens (primary N) is 2. The van der Waals surface area contributed by atoms with E-state index >= 15 is 4.39 Å². The third-order valence-electron chi connectivity index (χ3n) is 7.31. The van der Waals surface area contributed by atoms with Gasteiger partial charge in [0.1, 0.15) is 30.2 Å². The molecule has 6 N–H and O–H groups in total. The van der Waals surface area contributed by atoms with Gasteiger partial charge in [0.15, 0.2) is 48.0 Å². The Morgan fingerprint density at radius 3 is 2.81 bits per heavy atom. The van der Waals surface area contributed by atoms with Gasteiger partial charge in [-0.05, 0) is 6.92 Å². The number of H-pyrrole nitrogens is 1. The number of aromatic amines is 1. The molecule has 0 amide bonds. The summed E-state index contributed by atoms with van der Waals surface area (Å²) in [5, 5.41) is 17.2. The minimum Gasteiger partial charge on any atom is -0.394 e. The quantitative estimate of drug-likeness (QED) is 0.0657. The first-order valence-corrected chi connectivity index (χ1v) is 18.8. The molecule has 0 spiro atoms. The fourth-order valence-corrected chi connectivity index (χ4v) is 7.07. The Hall–Kier alpha value is -2.76. The molecule has 4 aromatic rings. The van der Waals surface area contributed by atoms with Crippen molar-refractivity contribution in [3.05, 3.63) is 23.0 Å². The second-order valence-corrected chi connectivity index (χ2v) is 15.4. The van der Waals surface area contributed by atoms with Crippen molar-refractivity contribution in [2.45, 2.75) is 55.9 Å². The molecule has 9 atom stereocenters. The van der Waals surface area contributed by atoms with Gasteiger partial charge in [-0.15, -0.1) is 5.10 Å². The Morgan fingerprint density at radius 1 is 1.28 bits per heavy atom. The third kappa shape index (κ3) is 6.90. The number of halogens is 1. The van der Waals surface area contributed by atoms with Gasteiger partial charge >= 0.3 is 6.80 Å². The SMILES string of the molecule is C[C@]1(COP(=O)(S)O[C@@H]2[C@@H](F)[C@@H](CO)O[C@H]2n2nnc3c(=O)[nH]c(N)nc32)C[C@@H](OCO[PH](=O)S)[C@H](n2cnc3c(N)ncnc32)O1. The maximum Gasteiger partial charge on any atom is 0.386 e. The fourth-order valence-electron chi connectivity index (χ4n) is 5.22. The number of nitrogens with one attached hydrogen (secondary N) is 1. The van der Waals surface area contributed by atoms with Crippen LogP contribution in [0.2, 0.25) is 0 Å². The zero-order valence-corrected chi connectivity index (χ0v) is 27.7. The second kappa shape index (κ2) is 13.3. The highest BCUT2D eigenvalue weighted by Gasteiger charge is 2.52. The summed E-state index contributed by atoms with van der Waals surface area (Å²) >= 11 is 7.80. The first-order chi connectivity index (χ1) is 22.3. The predicted octanol–water partition coefficient (Wildman–Crippen LogP) is 0.543. The van der Waals surface area contributed by atoms with Crippen molar-refractivity contribution in [2.75, 3.05) is 31.5 Å². The number of aliphatic hydroxyl groups excluding tert-OH is 1. The number of thiol groups is 2. The first kappa shape index (κ1) is 34.1. The number of imidazole rings is 1. The minimum absolute atomic E-state index is 0.0998. The van der Waals surface area contributed by atoms with Gasteiger partial charge in [-0.2, -0.15) is 9.67 Å². The fraction of sp³-hybridized carbons (Fsp3) is 0.571. The first-order valence-electron chi connectivity index (χ1n) is 13.5. The number of aliphatic hydroxyl groups is 1. The number of alkyl halides is 1. The van der Waals surface area contributed by atoms with Crippen LogP contribution < -0.4 is 17.0 Å². The van der Waals surface area contributed by atoms with Gasteiger partial charge in [0, 0.05) is 6.42 Å². The van der Waals surface area contributed by atoms with Crippen LogP contribution in [-0.4, -0.2) is 99.7 Å². The number of anilines is 2. The molecule has 26 heteroatoms. The van der Waals surface area contributed by atoms with Gasteiger partial charge in [0.25, 0.3) is 5.56 Å². The topological polar surface area (TPSA) is 282 Å². The van der Waals surface area contributed by atoms with E-state index in [-0.39, 0.29) is 29.4 Å². The molecule has 21 nitrogen and oxygen atoms in total. The van der Waals surface area contributed by atoms with Crippen LogP contribution in [0.5, 0.6) is 0 Å². The summed E-state index contributed by atoms with van der Waals surface area (Å²) < 4.78 is 76.7. The van der Waals surface area contributed by atoms with E-state index in [2.05, 4.69) is 59.7 Å². The molecule has 0 bridgehead atoms. The van der Waals surface area contributed by atoms with Crippen molar-refractivity contribution >= 4 is 72.6 Å². The Kier molecular flexibility index (Phi) is 9.63. The van der Waals surface area contributed by atoms with E-state index in [1.807, 2.05) is 0 Å². The monoisotopic (exact) mass is 739 g/mol. The van der Waals surface area contributed by atoms with E-state index < -0.39 is 82.1 Å². The smallest absolute Gasteiger partial charge is 0.386 e. The average molecular weight is 740 g/mol. The highest BCUT2D eigenvalue weighted by atomic mass is 32.7. The number of ether oxygens (including phenoxy) is 3. The van der Waals surface area contributed by atoms with E-state index in [9.17, 15) is 19.0 Å². The van der Waals surface area contributed by atoms with Crippen molar-refractivity contribution in [1.29, 1.82) is 0 Å². The molecule has 0 radical (unpaired) electrons. The summed E-state index contributed by atoms with van der Waals surface area (Å²) in [6, 6.07) is 0. The minimum atomic E-state index is -4.44. The molecule has 2 unspecified atom stereocenters. The number of aromatic nitrogens is 9. The lowest BCUT2D eigenvalue weighted by Crippen LogP contribution is -2.33. The number of nitrogens with zero attached hydrogens (tertiary/aromatic N) is 8. The zero-order valence-electron chi connectivity index (χ0n) is 24.0. The van der Waals surface area contributed by atoms with Gasteiger partial charge in [0.05, 0.1) is 25.1 Å². The van der Waals surface area contributed by atoms with Crippen molar-refractivity contribution in [3.63, 3.8) is 0 Å². The molecule has 2 fully saturated rings. The van der Waals surface area contributed by atoms with Gasteiger partial charge in [0.2, 0.25) is 13.2 Å². The Labute approximate surface area is 273 Å². The largest absolute Gasteiger partial charge is 0.394 e. The number of nitrogen functional groups attached to an aromatic ring is 2. The number of fused-ring (bicyclic) bond motifs is 2. The molecule has 0 aliphatic carbocycles. The van der Waals surface area contributed by atoms with E-state index in [1.165, 1.54) is 12.7 Å². The summed E-state index contributed by atoms with van der Waals surface area (Å²) in [5.41, 5.74) is 9.83. The Balaban J connectivity index is 1.21. The van der Waals surface area contributed by atoms with Crippen LogP contribution in [-0.2, 0) is 36.9 Å². The lowest BCUT2D eigenvalue weighted by atomic mass is 10.0. The van der Waals surface area contributed by atoms with Gasteiger partial charge in [-0.1, -0.05) is 29.7 Å².